The van der Waals surface area contributed by atoms with E-state index in [1.165, 1.54) is 27.7 Å². The summed E-state index contributed by atoms with van der Waals surface area (Å²) in [6.07, 6.45) is -0.0900. The maximum absolute atomic E-state index is 13.6. The highest BCUT2D eigenvalue weighted by Crippen LogP contribution is 2.62. The minimum absolute atomic E-state index is 0.0485. The Morgan fingerprint density at radius 3 is 1.41 bits per heavy atom. The van der Waals surface area contributed by atoms with Gasteiger partial charge >= 0.3 is 0 Å². The van der Waals surface area contributed by atoms with Gasteiger partial charge in [0.05, 0.1) is 6.17 Å². The van der Waals surface area contributed by atoms with Gasteiger partial charge in [-0.3, -0.25) is 15.4 Å². The normalized spacial score (nSPS) is 19.0. The van der Waals surface area contributed by atoms with Crippen LogP contribution in [0.15, 0.2) is 152 Å². The fourth-order valence-electron chi connectivity index (χ4n) is 5.49. The van der Waals surface area contributed by atoms with Crippen molar-refractivity contribution in [2.24, 2.45) is 0 Å². The summed E-state index contributed by atoms with van der Waals surface area (Å²) in [6, 6.07) is 52.6. The molecule has 0 aromatic heterocycles. The summed E-state index contributed by atoms with van der Waals surface area (Å²) in [5.74, 6) is -0.0485. The molecule has 5 aromatic carbocycles. The molecule has 2 N–H and O–H groups in total. The lowest BCUT2D eigenvalue weighted by Gasteiger charge is -2.35. The van der Waals surface area contributed by atoms with Gasteiger partial charge in [0.1, 0.15) is 28.5 Å². The Labute approximate surface area is 235 Å². The molecule has 5 heteroatoms. The molecule has 0 saturated carbocycles. The van der Waals surface area contributed by atoms with E-state index in [4.69, 9.17) is 0 Å². The quantitative estimate of drug-likeness (QED) is 0.243. The number of hydrogen-bond donors (Lipinski definition) is 2. The second-order valence-corrected chi connectivity index (χ2v) is 14.2. The van der Waals surface area contributed by atoms with E-state index >= 15 is 0 Å². The van der Waals surface area contributed by atoms with Crippen molar-refractivity contribution >= 4 is 40.1 Å². The SMILES string of the molecule is O=C(SC1NC(c2ccccc2)NC1[P+](c1ccccc1)(c1ccccc1)c1ccccc1)c1ccccc1. The van der Waals surface area contributed by atoms with Crippen LogP contribution in [-0.2, 0) is 0 Å². The van der Waals surface area contributed by atoms with Crippen molar-refractivity contribution in [3.05, 3.63) is 163 Å². The van der Waals surface area contributed by atoms with Crippen molar-refractivity contribution < 1.29 is 4.79 Å². The molecule has 3 unspecified atom stereocenters. The molecular formula is C34H30N2OPS+. The van der Waals surface area contributed by atoms with E-state index < -0.39 is 7.26 Å². The third-order valence-electron chi connectivity index (χ3n) is 7.24. The molecule has 6 rings (SSSR count). The molecule has 0 spiro atoms. The standard InChI is InChI=1S/C34H30N2OPS/c37-34(27-18-8-2-9-19-27)39-33-32(35-31(36-33)26-16-6-1-7-17-26)38(28-20-10-3-11-21-28,29-22-12-4-13-23-29)30-24-14-5-15-25-30/h1-25,31-33,35-36H/q+1. The molecule has 1 fully saturated rings. The van der Waals surface area contributed by atoms with E-state index in [1.54, 1.807) is 0 Å². The zero-order valence-electron chi connectivity index (χ0n) is 21.4. The first-order valence-corrected chi connectivity index (χ1v) is 15.9. The first-order valence-electron chi connectivity index (χ1n) is 13.2. The fraction of sp³-hybridized carbons (Fsp3) is 0.0882. The van der Waals surface area contributed by atoms with Crippen LogP contribution in [0.5, 0.6) is 0 Å². The zero-order chi connectivity index (χ0) is 26.5. The first kappa shape index (κ1) is 25.7. The fourth-order valence-corrected chi connectivity index (χ4v) is 11.8. The lowest BCUT2D eigenvalue weighted by atomic mass is 10.2. The summed E-state index contributed by atoms with van der Waals surface area (Å²) < 4.78 is 0. The number of carbonyl (C=O) groups is 1. The van der Waals surface area contributed by atoms with Crippen LogP contribution in [0.25, 0.3) is 0 Å². The van der Waals surface area contributed by atoms with E-state index in [-0.39, 0.29) is 22.4 Å². The second-order valence-electron chi connectivity index (χ2n) is 9.54. The predicted octanol–water partition coefficient (Wildman–Crippen LogP) is 6.10. The van der Waals surface area contributed by atoms with Gasteiger partial charge in [-0.15, -0.1) is 0 Å². The van der Waals surface area contributed by atoms with Gasteiger partial charge in [0.15, 0.2) is 5.78 Å². The van der Waals surface area contributed by atoms with E-state index in [0.717, 1.165) is 5.56 Å². The van der Waals surface area contributed by atoms with Gasteiger partial charge in [-0.1, -0.05) is 127 Å². The molecule has 192 valence electrons. The second kappa shape index (κ2) is 11.7. The number of carbonyl (C=O) groups excluding carboxylic acids is 1. The molecule has 1 heterocycles. The van der Waals surface area contributed by atoms with Crippen molar-refractivity contribution in [3.63, 3.8) is 0 Å². The average molecular weight is 546 g/mol. The van der Waals surface area contributed by atoms with Gasteiger partial charge in [0, 0.05) is 5.56 Å². The molecule has 1 aliphatic heterocycles. The highest BCUT2D eigenvalue weighted by atomic mass is 32.2. The monoisotopic (exact) mass is 545 g/mol. The summed E-state index contributed by atoms with van der Waals surface area (Å²) in [7, 11) is -2.31. The number of hydrogen-bond acceptors (Lipinski definition) is 4. The highest BCUT2D eigenvalue weighted by Gasteiger charge is 2.59. The molecule has 3 nitrogen and oxygen atoms in total. The van der Waals surface area contributed by atoms with Crippen LogP contribution in [0, 0.1) is 0 Å². The van der Waals surface area contributed by atoms with Gasteiger partial charge in [-0.2, -0.15) is 0 Å². The third kappa shape index (κ3) is 5.09. The predicted molar refractivity (Wildman–Crippen MR) is 167 cm³/mol. The molecule has 5 aromatic rings. The first-order chi connectivity index (χ1) is 19.3. The van der Waals surface area contributed by atoms with Crippen LogP contribution in [0.4, 0.5) is 0 Å². The van der Waals surface area contributed by atoms with Crippen LogP contribution in [0.2, 0.25) is 0 Å². The van der Waals surface area contributed by atoms with E-state index in [1.807, 2.05) is 36.4 Å². The Bertz CT molecular complexity index is 1410. The maximum atomic E-state index is 13.6. The molecule has 1 saturated heterocycles. The largest absolute Gasteiger partial charge is 0.282 e. The smallest absolute Gasteiger partial charge is 0.221 e. The topological polar surface area (TPSA) is 41.1 Å². The van der Waals surface area contributed by atoms with E-state index in [2.05, 4.69) is 126 Å². The van der Waals surface area contributed by atoms with E-state index in [9.17, 15) is 4.79 Å². The number of thioether (sulfide) groups is 1. The summed E-state index contributed by atoms with van der Waals surface area (Å²) >= 11 is 1.39. The summed E-state index contributed by atoms with van der Waals surface area (Å²) in [5.41, 5.74) is 1.87. The molecule has 39 heavy (non-hydrogen) atoms. The number of rotatable bonds is 7. The number of benzene rings is 5. The lowest BCUT2D eigenvalue weighted by Crippen LogP contribution is -2.47. The Kier molecular flexibility index (Phi) is 7.71. The minimum atomic E-state index is -2.31. The van der Waals surface area contributed by atoms with Crippen LogP contribution < -0.4 is 26.5 Å². The Hall–Kier alpha value is -3.53. The van der Waals surface area contributed by atoms with Crippen LogP contribution >= 0.6 is 19.0 Å². The van der Waals surface area contributed by atoms with Crippen LogP contribution in [0.1, 0.15) is 22.1 Å². The van der Waals surface area contributed by atoms with Crippen molar-refractivity contribution in [1.82, 2.24) is 10.6 Å². The van der Waals surface area contributed by atoms with Crippen molar-refractivity contribution in [2.75, 3.05) is 0 Å². The van der Waals surface area contributed by atoms with Gasteiger partial charge < -0.3 is 0 Å². The highest BCUT2D eigenvalue weighted by molar-refractivity contribution is 8.15. The average Bonchev–Trinajstić information content (AvgIpc) is 3.44. The third-order valence-corrected chi connectivity index (χ3v) is 13.2. The van der Waals surface area contributed by atoms with Crippen molar-refractivity contribution in [2.45, 2.75) is 17.3 Å². The van der Waals surface area contributed by atoms with Crippen molar-refractivity contribution in [1.29, 1.82) is 0 Å². The Morgan fingerprint density at radius 1 is 0.538 bits per heavy atom. The molecule has 0 bridgehead atoms. The van der Waals surface area contributed by atoms with Gasteiger partial charge in [0.2, 0.25) is 5.12 Å². The van der Waals surface area contributed by atoms with Crippen LogP contribution in [0.3, 0.4) is 0 Å². The van der Waals surface area contributed by atoms with Crippen molar-refractivity contribution in [3.8, 4) is 0 Å². The maximum Gasteiger partial charge on any atom is 0.221 e. The lowest BCUT2D eigenvalue weighted by molar-refractivity contribution is 0.108. The minimum Gasteiger partial charge on any atom is -0.282 e. The molecule has 1 aliphatic rings. The number of nitrogens with one attached hydrogen (secondary N) is 2. The molecule has 0 amide bonds. The van der Waals surface area contributed by atoms with Gasteiger partial charge in [-0.05, 0) is 42.0 Å². The van der Waals surface area contributed by atoms with Crippen LogP contribution in [-0.4, -0.2) is 16.3 Å². The molecule has 0 radical (unpaired) electrons. The van der Waals surface area contributed by atoms with Gasteiger partial charge in [0.25, 0.3) is 0 Å². The molecule has 3 atom stereocenters. The van der Waals surface area contributed by atoms with Gasteiger partial charge in [-0.25, -0.2) is 0 Å². The Balaban J connectivity index is 1.55. The molecular weight excluding hydrogens is 515 g/mol. The Morgan fingerprint density at radius 2 is 0.949 bits per heavy atom. The summed E-state index contributed by atoms with van der Waals surface area (Å²) in [4.78, 5) is 13.6. The summed E-state index contributed by atoms with van der Waals surface area (Å²) in [6.45, 7) is 0. The zero-order valence-corrected chi connectivity index (χ0v) is 23.1. The van der Waals surface area contributed by atoms with E-state index in [0.29, 0.717) is 5.56 Å². The molecule has 0 aliphatic carbocycles. The summed E-state index contributed by atoms with van der Waals surface area (Å²) in [5, 5.41) is 11.6.